The molecule has 0 aliphatic heterocycles. The van der Waals surface area contributed by atoms with Crippen LogP contribution in [0.3, 0.4) is 0 Å². The third-order valence-corrected chi connectivity index (χ3v) is 6.90. The number of aromatic hydroxyl groups is 1. The Balaban J connectivity index is 1.73. The second-order valence-electron chi connectivity index (χ2n) is 6.78. The summed E-state index contributed by atoms with van der Waals surface area (Å²) >= 11 is 13.4. The number of halogens is 3. The average molecular weight is 565 g/mol. The molecule has 0 amide bonds. The number of aryl methyl sites for hydroxylation is 1. The highest BCUT2D eigenvalue weighted by atomic mass is 79.9. The lowest BCUT2D eigenvalue weighted by atomic mass is 10.2. The Morgan fingerprint density at radius 3 is 2.77 bits per heavy atom. The summed E-state index contributed by atoms with van der Waals surface area (Å²) in [6.07, 6.45) is 1.56. The Kier molecular flexibility index (Phi) is 6.36. The van der Waals surface area contributed by atoms with E-state index in [1.807, 2.05) is 32.0 Å². The Morgan fingerprint density at radius 1 is 1.19 bits per heavy atom. The molecule has 0 aliphatic carbocycles. The zero-order valence-electron chi connectivity index (χ0n) is 16.6. The van der Waals surface area contributed by atoms with Gasteiger partial charge in [-0.15, -0.1) is 0 Å². The fraction of sp³-hybridized carbons (Fsp3) is 0.130. The van der Waals surface area contributed by atoms with E-state index in [9.17, 15) is 5.11 Å². The van der Waals surface area contributed by atoms with E-state index in [1.54, 1.807) is 30.5 Å². The van der Waals surface area contributed by atoms with Crippen LogP contribution < -0.4 is 4.74 Å². The third-order valence-electron chi connectivity index (χ3n) is 4.56. The average Bonchev–Trinajstić information content (AvgIpc) is 3.16. The third kappa shape index (κ3) is 4.49. The summed E-state index contributed by atoms with van der Waals surface area (Å²) in [7, 11) is 0. The number of hydrogen-bond donors (Lipinski definition) is 1. The zero-order chi connectivity index (χ0) is 22.1. The molecule has 0 atom stereocenters. The lowest BCUT2D eigenvalue weighted by molar-refractivity contribution is 0.317. The van der Waals surface area contributed by atoms with Crippen molar-refractivity contribution < 1.29 is 14.3 Å². The maximum absolute atomic E-state index is 10.6. The number of phenolic OH excluding ortho intramolecular Hbond substituents is 1. The maximum Gasteiger partial charge on any atom is 0.228 e. The van der Waals surface area contributed by atoms with Gasteiger partial charge in [-0.05, 0) is 87.7 Å². The minimum Gasteiger partial charge on any atom is -0.504 e. The predicted molar refractivity (Wildman–Crippen MR) is 131 cm³/mol. The van der Waals surface area contributed by atoms with Crippen LogP contribution >= 0.6 is 43.5 Å². The van der Waals surface area contributed by atoms with E-state index in [-0.39, 0.29) is 5.75 Å². The van der Waals surface area contributed by atoms with Gasteiger partial charge in [-0.3, -0.25) is 4.99 Å². The van der Waals surface area contributed by atoms with Crippen LogP contribution in [0.1, 0.15) is 18.1 Å². The van der Waals surface area contributed by atoms with Gasteiger partial charge >= 0.3 is 0 Å². The second kappa shape index (κ2) is 9.02. The highest BCUT2D eigenvalue weighted by molar-refractivity contribution is 9.13. The molecule has 0 bridgehead atoms. The number of oxazole rings is 1. The first-order valence-electron chi connectivity index (χ1n) is 9.42. The Hall–Kier alpha value is -2.35. The number of aromatic nitrogens is 1. The van der Waals surface area contributed by atoms with E-state index < -0.39 is 0 Å². The van der Waals surface area contributed by atoms with Crippen LogP contribution in [0.4, 0.5) is 5.69 Å². The second-order valence-corrected chi connectivity index (χ2v) is 8.83. The van der Waals surface area contributed by atoms with Crippen molar-refractivity contribution in [3.05, 3.63) is 67.6 Å². The molecule has 8 heteroatoms. The molecule has 158 valence electrons. The molecule has 5 nitrogen and oxygen atoms in total. The van der Waals surface area contributed by atoms with Crippen molar-refractivity contribution in [3.8, 4) is 23.0 Å². The van der Waals surface area contributed by atoms with Gasteiger partial charge in [-0.25, -0.2) is 4.98 Å². The van der Waals surface area contributed by atoms with E-state index in [4.69, 9.17) is 20.8 Å². The van der Waals surface area contributed by atoms with Gasteiger partial charge in [0.1, 0.15) is 5.52 Å². The van der Waals surface area contributed by atoms with Crippen LogP contribution in [0.5, 0.6) is 11.5 Å². The lowest BCUT2D eigenvalue weighted by Gasteiger charge is -2.11. The Morgan fingerprint density at radius 2 is 2.00 bits per heavy atom. The summed E-state index contributed by atoms with van der Waals surface area (Å²) in [6, 6.07) is 12.8. The van der Waals surface area contributed by atoms with Crippen LogP contribution in [0.2, 0.25) is 5.02 Å². The molecule has 0 saturated carbocycles. The van der Waals surface area contributed by atoms with E-state index in [0.29, 0.717) is 50.1 Å². The van der Waals surface area contributed by atoms with E-state index in [1.165, 1.54) is 0 Å². The van der Waals surface area contributed by atoms with Gasteiger partial charge < -0.3 is 14.3 Å². The zero-order valence-corrected chi connectivity index (χ0v) is 20.5. The molecule has 31 heavy (non-hydrogen) atoms. The van der Waals surface area contributed by atoms with E-state index in [0.717, 1.165) is 15.6 Å². The number of fused-ring (bicyclic) bond motifs is 1. The summed E-state index contributed by atoms with van der Waals surface area (Å²) in [5.74, 6) is 0.800. The van der Waals surface area contributed by atoms with Crippen molar-refractivity contribution in [1.82, 2.24) is 4.98 Å². The van der Waals surface area contributed by atoms with Gasteiger partial charge in [0.2, 0.25) is 5.89 Å². The minimum absolute atomic E-state index is 0.00387. The predicted octanol–water partition coefficient (Wildman–Crippen LogP) is 7.84. The topological polar surface area (TPSA) is 67.9 Å². The van der Waals surface area contributed by atoms with Crippen molar-refractivity contribution >= 4 is 66.5 Å². The van der Waals surface area contributed by atoms with Gasteiger partial charge in [-0.2, -0.15) is 0 Å². The lowest BCUT2D eigenvalue weighted by Crippen LogP contribution is -1.95. The number of benzene rings is 3. The van der Waals surface area contributed by atoms with Crippen molar-refractivity contribution in [1.29, 1.82) is 0 Å². The van der Waals surface area contributed by atoms with Crippen LogP contribution in [-0.2, 0) is 0 Å². The quantitative estimate of drug-likeness (QED) is 0.251. The fourth-order valence-corrected chi connectivity index (χ4v) is 4.07. The van der Waals surface area contributed by atoms with Gasteiger partial charge in [-0.1, -0.05) is 17.7 Å². The monoisotopic (exact) mass is 562 g/mol. The van der Waals surface area contributed by atoms with Gasteiger partial charge in [0, 0.05) is 15.2 Å². The molecule has 4 aromatic rings. The SMILES string of the molecule is CCOc1cc(Br)c(Br)c(C=Nc2ccc(Cl)c(-c3nc4cc(C)ccc4o3)c2)c1O. The number of aliphatic imine (C=N–C) groups is 1. The van der Waals surface area contributed by atoms with E-state index >= 15 is 0 Å². The molecule has 0 radical (unpaired) electrons. The van der Waals surface area contributed by atoms with Crippen LogP contribution in [-0.4, -0.2) is 22.9 Å². The maximum atomic E-state index is 10.6. The number of hydrogen-bond acceptors (Lipinski definition) is 5. The first-order valence-corrected chi connectivity index (χ1v) is 11.4. The molecule has 4 rings (SSSR count). The Bertz CT molecular complexity index is 1320. The first-order chi connectivity index (χ1) is 14.9. The minimum atomic E-state index is 0.00387. The highest BCUT2D eigenvalue weighted by Crippen LogP contribution is 2.40. The molecule has 1 heterocycles. The molecular weight excluding hydrogens is 548 g/mol. The molecule has 0 unspecified atom stereocenters. The molecule has 0 spiro atoms. The van der Waals surface area contributed by atoms with Crippen molar-refractivity contribution in [3.63, 3.8) is 0 Å². The van der Waals surface area contributed by atoms with E-state index in [2.05, 4.69) is 41.8 Å². The molecular formula is C23H17Br2ClN2O3. The first kappa shape index (κ1) is 21.9. The molecule has 0 fully saturated rings. The summed E-state index contributed by atoms with van der Waals surface area (Å²) in [6.45, 7) is 4.29. The number of rotatable bonds is 5. The van der Waals surface area contributed by atoms with Gasteiger partial charge in [0.05, 0.1) is 28.4 Å². The normalized spacial score (nSPS) is 11.5. The van der Waals surface area contributed by atoms with Crippen molar-refractivity contribution in [2.75, 3.05) is 6.61 Å². The summed E-state index contributed by atoms with van der Waals surface area (Å²) < 4.78 is 12.8. The van der Waals surface area contributed by atoms with Crippen molar-refractivity contribution in [2.24, 2.45) is 4.99 Å². The standard InChI is InChI=1S/C23H17Br2ClN2O3/c1-3-30-20-10-16(24)21(25)15(22(20)29)11-27-13-5-6-17(26)14(9-13)23-28-18-8-12(2)4-7-19(18)31-23/h4-11,29H,3H2,1-2H3. The molecule has 1 N–H and O–H groups in total. The van der Waals surface area contributed by atoms with Crippen molar-refractivity contribution in [2.45, 2.75) is 13.8 Å². The number of phenols is 1. The molecule has 0 aliphatic rings. The Labute approximate surface area is 201 Å². The van der Waals surface area contributed by atoms with Crippen LogP contribution in [0, 0.1) is 6.92 Å². The number of nitrogens with zero attached hydrogens (tertiary/aromatic N) is 2. The fourth-order valence-electron chi connectivity index (χ4n) is 3.04. The van der Waals surface area contributed by atoms with Gasteiger partial charge in [0.25, 0.3) is 0 Å². The van der Waals surface area contributed by atoms with Crippen LogP contribution in [0.25, 0.3) is 22.6 Å². The molecule has 1 aromatic heterocycles. The summed E-state index contributed by atoms with van der Waals surface area (Å²) in [5, 5.41) is 11.1. The largest absolute Gasteiger partial charge is 0.504 e. The smallest absolute Gasteiger partial charge is 0.228 e. The summed E-state index contributed by atoms with van der Waals surface area (Å²) in [5.41, 5.74) is 4.32. The highest BCUT2D eigenvalue weighted by Gasteiger charge is 2.16. The summed E-state index contributed by atoms with van der Waals surface area (Å²) in [4.78, 5) is 9.08. The molecule has 0 saturated heterocycles. The van der Waals surface area contributed by atoms with Crippen LogP contribution in [0.15, 0.2) is 60.8 Å². The molecule has 3 aromatic carbocycles. The van der Waals surface area contributed by atoms with Gasteiger partial charge in [0.15, 0.2) is 17.1 Å². The number of ether oxygens (including phenoxy) is 1.